The number of hydrogen-bond acceptors (Lipinski definition) is 6. The van der Waals surface area contributed by atoms with Crippen molar-refractivity contribution in [2.75, 3.05) is 5.32 Å². The zero-order valence-electron chi connectivity index (χ0n) is 16.6. The highest BCUT2D eigenvalue weighted by atomic mass is 35.5. The lowest BCUT2D eigenvalue weighted by Crippen LogP contribution is -2.25. The van der Waals surface area contributed by atoms with Crippen LogP contribution in [-0.4, -0.2) is 46.8 Å². The minimum absolute atomic E-state index is 0.0962. The van der Waals surface area contributed by atoms with Gasteiger partial charge in [0.1, 0.15) is 12.4 Å². The summed E-state index contributed by atoms with van der Waals surface area (Å²) in [5.41, 5.74) is 0.679. The molecule has 0 bridgehead atoms. The number of nitrogens with one attached hydrogen (secondary N) is 1. The van der Waals surface area contributed by atoms with E-state index in [1.807, 2.05) is 13.8 Å². The lowest BCUT2D eigenvalue weighted by atomic mass is 10.2. The molecule has 2 N–H and O–H groups in total. The maximum atomic E-state index is 12.7. The molecule has 0 saturated carbocycles. The van der Waals surface area contributed by atoms with E-state index in [1.165, 1.54) is 4.57 Å². The molecule has 1 atom stereocenters. The molecular formula is C19H21ClN6O3S. The number of benzene rings is 1. The van der Waals surface area contributed by atoms with E-state index in [2.05, 4.69) is 20.6 Å². The first-order valence-corrected chi connectivity index (χ1v) is 10.4. The maximum Gasteiger partial charge on any atom is 0.323 e. The fourth-order valence-electron chi connectivity index (χ4n) is 2.73. The van der Waals surface area contributed by atoms with Gasteiger partial charge in [-0.1, -0.05) is 23.4 Å². The van der Waals surface area contributed by atoms with Gasteiger partial charge in [-0.05, 0) is 45.0 Å². The van der Waals surface area contributed by atoms with E-state index in [-0.39, 0.29) is 18.5 Å². The molecule has 3 rings (SSSR count). The third-order valence-corrected chi connectivity index (χ3v) is 5.51. The van der Waals surface area contributed by atoms with Gasteiger partial charge >= 0.3 is 5.97 Å². The summed E-state index contributed by atoms with van der Waals surface area (Å²) in [6, 6.07) is 8.68. The summed E-state index contributed by atoms with van der Waals surface area (Å²) < 4.78 is 3.18. The van der Waals surface area contributed by atoms with Gasteiger partial charge in [0.05, 0.1) is 11.4 Å². The van der Waals surface area contributed by atoms with E-state index in [0.29, 0.717) is 27.4 Å². The van der Waals surface area contributed by atoms with Crippen molar-refractivity contribution in [1.29, 1.82) is 0 Å². The zero-order valence-corrected chi connectivity index (χ0v) is 18.2. The van der Waals surface area contributed by atoms with Crippen LogP contribution in [0.2, 0.25) is 5.02 Å². The highest BCUT2D eigenvalue weighted by Gasteiger charge is 2.23. The Morgan fingerprint density at radius 1 is 1.17 bits per heavy atom. The van der Waals surface area contributed by atoms with Crippen LogP contribution in [-0.2, 0) is 16.1 Å². The van der Waals surface area contributed by atoms with Gasteiger partial charge in [0, 0.05) is 22.7 Å². The number of hydrogen-bond donors (Lipinski definition) is 2. The number of carbonyl (C=O) groups is 2. The summed E-state index contributed by atoms with van der Waals surface area (Å²) in [6.45, 7) is 5.32. The first kappa shape index (κ1) is 21.8. The molecule has 0 aliphatic heterocycles. The van der Waals surface area contributed by atoms with Gasteiger partial charge in [-0.2, -0.15) is 5.10 Å². The van der Waals surface area contributed by atoms with Crippen LogP contribution < -0.4 is 5.32 Å². The molecule has 0 unspecified atom stereocenters. The smallest absolute Gasteiger partial charge is 0.323 e. The predicted octanol–water partition coefficient (Wildman–Crippen LogP) is 3.58. The number of rotatable bonds is 8. The van der Waals surface area contributed by atoms with Gasteiger partial charge in [-0.15, -0.1) is 10.2 Å². The Kier molecular flexibility index (Phi) is 6.78. The van der Waals surface area contributed by atoms with Crippen LogP contribution in [0, 0.1) is 0 Å². The van der Waals surface area contributed by atoms with Gasteiger partial charge in [-0.25, -0.2) is 4.68 Å². The summed E-state index contributed by atoms with van der Waals surface area (Å²) in [5.74, 6) is -0.302. The lowest BCUT2D eigenvalue weighted by molar-refractivity contribution is -0.137. The van der Waals surface area contributed by atoms with Crippen molar-refractivity contribution in [2.24, 2.45) is 0 Å². The summed E-state index contributed by atoms with van der Waals surface area (Å²) >= 11 is 7.06. The fourth-order valence-corrected chi connectivity index (χ4v) is 3.70. The van der Waals surface area contributed by atoms with Crippen LogP contribution in [0.4, 0.5) is 5.82 Å². The molecule has 0 spiro atoms. The minimum atomic E-state index is -1.04. The van der Waals surface area contributed by atoms with Crippen molar-refractivity contribution < 1.29 is 14.7 Å². The minimum Gasteiger partial charge on any atom is -0.480 e. The molecule has 2 aromatic heterocycles. The first-order valence-electron chi connectivity index (χ1n) is 9.18. The van der Waals surface area contributed by atoms with Crippen molar-refractivity contribution in [3.63, 3.8) is 0 Å². The molecule has 0 aliphatic rings. The van der Waals surface area contributed by atoms with E-state index in [9.17, 15) is 14.7 Å². The molecule has 30 heavy (non-hydrogen) atoms. The largest absolute Gasteiger partial charge is 0.480 e. The van der Waals surface area contributed by atoms with Crippen LogP contribution in [0.1, 0.15) is 26.8 Å². The summed E-state index contributed by atoms with van der Waals surface area (Å²) in [6.07, 6.45) is 1.62. The molecule has 9 nitrogen and oxygen atoms in total. The Hall–Kier alpha value is -2.85. The van der Waals surface area contributed by atoms with Gasteiger partial charge in [0.2, 0.25) is 5.91 Å². The van der Waals surface area contributed by atoms with E-state index < -0.39 is 11.2 Å². The highest BCUT2D eigenvalue weighted by Crippen LogP contribution is 2.28. The number of carbonyl (C=O) groups excluding carboxylic acids is 1. The maximum absolute atomic E-state index is 12.7. The van der Waals surface area contributed by atoms with Crippen molar-refractivity contribution in [1.82, 2.24) is 24.5 Å². The molecule has 1 amide bonds. The van der Waals surface area contributed by atoms with E-state index in [1.54, 1.807) is 48.1 Å². The Balaban J connectivity index is 1.81. The number of halogens is 1. The standard InChI is InChI=1S/C19H21ClN6O3S/c1-11(2)26-15(8-9-21-26)22-18(29)12(3)30-19-24-23-17(25(19)10-16(27)28)13-4-6-14(20)7-5-13/h4-9,11-12H,10H2,1-3H3,(H,22,29)(H,27,28)/t12-/m1/s1. The molecule has 0 fully saturated rings. The van der Waals surface area contributed by atoms with Crippen molar-refractivity contribution in [3.8, 4) is 11.4 Å². The second-order valence-electron chi connectivity index (χ2n) is 6.80. The number of anilines is 1. The van der Waals surface area contributed by atoms with Crippen LogP contribution >= 0.6 is 23.4 Å². The SMILES string of the molecule is CC(C)n1nccc1NC(=O)[C@@H](C)Sc1nnc(-c2ccc(Cl)cc2)n1CC(=O)O. The summed E-state index contributed by atoms with van der Waals surface area (Å²) in [4.78, 5) is 24.1. The Morgan fingerprint density at radius 3 is 2.50 bits per heavy atom. The van der Waals surface area contributed by atoms with E-state index in [0.717, 1.165) is 11.8 Å². The normalized spacial score (nSPS) is 12.2. The van der Waals surface area contributed by atoms with Gasteiger partial charge in [-0.3, -0.25) is 14.2 Å². The number of nitrogens with zero attached hydrogens (tertiary/aromatic N) is 5. The van der Waals surface area contributed by atoms with Crippen molar-refractivity contribution >= 4 is 41.1 Å². The topological polar surface area (TPSA) is 115 Å². The van der Waals surface area contributed by atoms with E-state index in [4.69, 9.17) is 11.6 Å². The average Bonchev–Trinajstić information content (AvgIpc) is 3.30. The second-order valence-corrected chi connectivity index (χ2v) is 8.54. The van der Waals surface area contributed by atoms with Crippen LogP contribution in [0.25, 0.3) is 11.4 Å². The molecule has 1 aromatic carbocycles. The number of aliphatic carboxylic acids is 1. The third kappa shape index (κ3) is 5.00. The predicted molar refractivity (Wildman–Crippen MR) is 115 cm³/mol. The van der Waals surface area contributed by atoms with Crippen LogP contribution in [0.3, 0.4) is 0 Å². The zero-order chi connectivity index (χ0) is 21.8. The first-order chi connectivity index (χ1) is 14.3. The second kappa shape index (κ2) is 9.31. The lowest BCUT2D eigenvalue weighted by Gasteiger charge is -2.15. The van der Waals surface area contributed by atoms with Crippen molar-refractivity contribution in [3.05, 3.63) is 41.6 Å². The molecule has 158 valence electrons. The number of aromatic nitrogens is 5. The quantitative estimate of drug-likeness (QED) is 0.506. The van der Waals surface area contributed by atoms with Crippen LogP contribution in [0.5, 0.6) is 0 Å². The van der Waals surface area contributed by atoms with Crippen LogP contribution in [0.15, 0.2) is 41.7 Å². The Morgan fingerprint density at radius 2 is 1.87 bits per heavy atom. The van der Waals surface area contributed by atoms with Gasteiger partial charge in [0.15, 0.2) is 11.0 Å². The summed E-state index contributed by atoms with van der Waals surface area (Å²) in [7, 11) is 0. The third-order valence-electron chi connectivity index (χ3n) is 4.17. The molecule has 11 heteroatoms. The van der Waals surface area contributed by atoms with E-state index >= 15 is 0 Å². The fraction of sp³-hybridized carbons (Fsp3) is 0.316. The molecular weight excluding hydrogens is 428 g/mol. The monoisotopic (exact) mass is 448 g/mol. The van der Waals surface area contributed by atoms with Gasteiger partial charge < -0.3 is 10.4 Å². The average molecular weight is 449 g/mol. The van der Waals surface area contributed by atoms with Crippen molar-refractivity contribution in [2.45, 2.75) is 43.8 Å². The van der Waals surface area contributed by atoms with Gasteiger partial charge in [0.25, 0.3) is 0 Å². The molecule has 0 saturated heterocycles. The Bertz CT molecular complexity index is 1050. The number of amides is 1. The molecule has 0 radical (unpaired) electrons. The summed E-state index contributed by atoms with van der Waals surface area (Å²) in [5, 5.41) is 25.0. The Labute approximate surface area is 182 Å². The number of carboxylic acid groups (broad SMARTS) is 1. The molecule has 2 heterocycles. The molecule has 0 aliphatic carbocycles. The number of thioether (sulfide) groups is 1. The highest BCUT2D eigenvalue weighted by molar-refractivity contribution is 8.00. The molecule has 3 aromatic rings. The number of carboxylic acids is 1.